The number of nitrogens with two attached hydrogens (primary N) is 1. The number of aromatic amines is 1. The maximum absolute atomic E-state index is 12.8. The number of primary amides is 1. The van der Waals surface area contributed by atoms with Gasteiger partial charge in [-0.3, -0.25) is 14.4 Å². The predicted octanol–water partition coefficient (Wildman–Crippen LogP) is 1.23. The zero-order valence-corrected chi connectivity index (χ0v) is 17.0. The van der Waals surface area contributed by atoms with Crippen molar-refractivity contribution >= 4 is 29.4 Å². The van der Waals surface area contributed by atoms with E-state index in [1.165, 1.54) is 11.8 Å². The Morgan fingerprint density at radius 2 is 2.17 bits per heavy atom. The number of anilines is 1. The second kappa shape index (κ2) is 9.37. The normalized spacial score (nSPS) is 14.9. The summed E-state index contributed by atoms with van der Waals surface area (Å²) in [5.41, 5.74) is 5.81. The number of amides is 2. The van der Waals surface area contributed by atoms with Crippen LogP contribution in [0.25, 0.3) is 0 Å². The largest absolute Gasteiger partial charge is 0.490 e. The molecule has 10 heteroatoms. The smallest absolute Gasteiger partial charge is 0.257 e. The first-order valence-corrected chi connectivity index (χ1v) is 10.1. The van der Waals surface area contributed by atoms with Gasteiger partial charge >= 0.3 is 0 Å². The molecule has 0 saturated carbocycles. The van der Waals surface area contributed by atoms with E-state index in [0.29, 0.717) is 40.1 Å². The highest BCUT2D eigenvalue weighted by Gasteiger charge is 2.31. The maximum atomic E-state index is 12.8. The summed E-state index contributed by atoms with van der Waals surface area (Å²) in [7, 11) is 0. The summed E-state index contributed by atoms with van der Waals surface area (Å²) in [6, 6.07) is 5.02. The number of H-pyrrole nitrogens is 1. The van der Waals surface area contributed by atoms with Crippen LogP contribution in [-0.2, 0) is 9.59 Å². The molecule has 1 aromatic heterocycles. The second-order valence-corrected chi connectivity index (χ2v) is 7.29. The number of hydrogen-bond acceptors (Lipinski definition) is 7. The standard InChI is InChI=1S/C20H20N4O5S/c1-3-7-30-20-23-18-17(19(27)24-20)12(9-16(26)22-18)11-5-6-13(29-10-15(21)25)14(8-11)28-4-2/h1,5-6,8,12H,4,7,9-10H2,2H3,(H2,21,25)(H2,22,23,24,26,27)/t12-/m0/s1. The minimum Gasteiger partial charge on any atom is -0.490 e. The lowest BCUT2D eigenvalue weighted by molar-refractivity contribution is -0.120. The molecule has 4 N–H and O–H groups in total. The first-order chi connectivity index (χ1) is 14.4. The van der Waals surface area contributed by atoms with Crippen LogP contribution in [0.15, 0.2) is 28.2 Å². The molecule has 9 nitrogen and oxygen atoms in total. The van der Waals surface area contributed by atoms with Gasteiger partial charge in [0.05, 0.1) is 17.9 Å². The van der Waals surface area contributed by atoms with Crippen LogP contribution in [0.4, 0.5) is 5.82 Å². The Labute approximate surface area is 176 Å². The van der Waals surface area contributed by atoms with E-state index >= 15 is 0 Å². The Morgan fingerprint density at radius 1 is 1.37 bits per heavy atom. The molecule has 1 atom stereocenters. The van der Waals surface area contributed by atoms with Gasteiger partial charge in [-0.15, -0.1) is 6.42 Å². The molecular weight excluding hydrogens is 408 g/mol. The molecule has 156 valence electrons. The number of aromatic nitrogens is 2. The van der Waals surface area contributed by atoms with Crippen molar-refractivity contribution in [1.29, 1.82) is 0 Å². The highest BCUT2D eigenvalue weighted by Crippen LogP contribution is 2.38. The van der Waals surface area contributed by atoms with Gasteiger partial charge in [-0.05, 0) is 24.6 Å². The molecule has 0 aliphatic carbocycles. The number of nitrogens with zero attached hydrogens (tertiary/aromatic N) is 1. The predicted molar refractivity (Wildman–Crippen MR) is 112 cm³/mol. The average molecular weight is 428 g/mol. The van der Waals surface area contributed by atoms with Gasteiger partial charge < -0.3 is 25.5 Å². The Kier molecular flexibility index (Phi) is 6.64. The summed E-state index contributed by atoms with van der Waals surface area (Å²) in [6.45, 7) is 1.86. The molecule has 0 spiro atoms. The Morgan fingerprint density at radius 3 is 2.87 bits per heavy atom. The number of nitrogens with one attached hydrogen (secondary N) is 2. The fraction of sp³-hybridized carbons (Fsp3) is 0.300. The van der Waals surface area contributed by atoms with E-state index in [1.54, 1.807) is 25.1 Å². The van der Waals surface area contributed by atoms with Crippen molar-refractivity contribution < 1.29 is 19.1 Å². The molecule has 0 radical (unpaired) electrons. The van der Waals surface area contributed by atoms with Gasteiger partial charge in [0, 0.05) is 12.3 Å². The Bertz CT molecular complexity index is 1080. The first kappa shape index (κ1) is 21.3. The lowest BCUT2D eigenvalue weighted by atomic mass is 9.86. The van der Waals surface area contributed by atoms with Crippen LogP contribution in [0.2, 0.25) is 0 Å². The van der Waals surface area contributed by atoms with Crippen molar-refractivity contribution in [3.8, 4) is 23.8 Å². The maximum Gasteiger partial charge on any atom is 0.257 e. The van der Waals surface area contributed by atoms with Gasteiger partial charge in [0.15, 0.2) is 23.3 Å². The van der Waals surface area contributed by atoms with E-state index in [9.17, 15) is 14.4 Å². The van der Waals surface area contributed by atoms with Gasteiger partial charge in [0.1, 0.15) is 5.82 Å². The van der Waals surface area contributed by atoms with Gasteiger partial charge in [0.2, 0.25) is 5.91 Å². The minimum absolute atomic E-state index is 0.0711. The van der Waals surface area contributed by atoms with Crippen LogP contribution in [0.3, 0.4) is 0 Å². The summed E-state index contributed by atoms with van der Waals surface area (Å²) >= 11 is 1.20. The van der Waals surface area contributed by atoms with Crippen LogP contribution < -0.4 is 26.1 Å². The van der Waals surface area contributed by atoms with E-state index in [4.69, 9.17) is 21.6 Å². The number of terminal acetylenes is 1. The molecule has 0 fully saturated rings. The zero-order chi connectivity index (χ0) is 21.7. The third-order valence-electron chi connectivity index (χ3n) is 4.26. The number of carbonyl (C=O) groups excluding carboxylic acids is 2. The van der Waals surface area contributed by atoms with Crippen LogP contribution in [-0.4, -0.2) is 40.7 Å². The van der Waals surface area contributed by atoms with Gasteiger partial charge in [-0.25, -0.2) is 4.98 Å². The summed E-state index contributed by atoms with van der Waals surface area (Å²) in [5.74, 6) is 2.33. The topological polar surface area (TPSA) is 136 Å². The van der Waals surface area contributed by atoms with Crippen molar-refractivity contribution in [2.24, 2.45) is 5.73 Å². The van der Waals surface area contributed by atoms with Crippen molar-refractivity contribution in [3.05, 3.63) is 39.7 Å². The summed E-state index contributed by atoms with van der Waals surface area (Å²) in [4.78, 5) is 43.1. The molecule has 2 amide bonds. The SMILES string of the molecule is C#CCSc1nc2c(c(=O)[nH]1)[C@H](c1ccc(OCC(N)=O)c(OCC)c1)CC(=O)N2. The fourth-order valence-electron chi connectivity index (χ4n) is 3.09. The molecule has 30 heavy (non-hydrogen) atoms. The summed E-state index contributed by atoms with van der Waals surface area (Å²) in [5, 5.41) is 2.99. The number of rotatable bonds is 8. The number of hydrogen-bond donors (Lipinski definition) is 3. The van der Waals surface area contributed by atoms with Gasteiger partial charge in [0.25, 0.3) is 11.5 Å². The molecule has 1 aliphatic heterocycles. The molecule has 1 aromatic carbocycles. The van der Waals surface area contributed by atoms with Gasteiger partial charge in [-0.1, -0.05) is 23.7 Å². The van der Waals surface area contributed by atoms with E-state index in [0.717, 1.165) is 0 Å². The molecule has 2 aromatic rings. The van der Waals surface area contributed by atoms with Crippen molar-refractivity contribution in [2.75, 3.05) is 24.3 Å². The van der Waals surface area contributed by atoms with Crippen molar-refractivity contribution in [2.45, 2.75) is 24.4 Å². The van der Waals surface area contributed by atoms with E-state index in [1.807, 2.05) is 0 Å². The highest BCUT2D eigenvalue weighted by atomic mass is 32.2. The number of ether oxygens (including phenoxy) is 2. The lowest BCUT2D eigenvalue weighted by Gasteiger charge is -2.25. The Balaban J connectivity index is 2.01. The highest BCUT2D eigenvalue weighted by molar-refractivity contribution is 7.99. The first-order valence-electron chi connectivity index (χ1n) is 9.11. The number of fused-ring (bicyclic) bond motifs is 1. The summed E-state index contributed by atoms with van der Waals surface area (Å²) < 4.78 is 11.0. The average Bonchev–Trinajstić information content (AvgIpc) is 2.70. The second-order valence-electron chi connectivity index (χ2n) is 6.33. The molecule has 3 rings (SSSR count). The van der Waals surface area contributed by atoms with E-state index in [2.05, 4.69) is 21.2 Å². The van der Waals surface area contributed by atoms with E-state index in [-0.39, 0.29) is 30.3 Å². The lowest BCUT2D eigenvalue weighted by Crippen LogP contribution is -2.31. The van der Waals surface area contributed by atoms with Crippen LogP contribution in [0.5, 0.6) is 11.5 Å². The van der Waals surface area contributed by atoms with Crippen molar-refractivity contribution in [3.63, 3.8) is 0 Å². The number of thioether (sulfide) groups is 1. The third kappa shape index (κ3) is 4.75. The zero-order valence-electron chi connectivity index (χ0n) is 16.2. The molecule has 2 heterocycles. The number of carbonyl (C=O) groups is 2. The number of benzene rings is 1. The Hall–Kier alpha value is -3.45. The van der Waals surface area contributed by atoms with E-state index < -0.39 is 11.8 Å². The van der Waals surface area contributed by atoms with Crippen LogP contribution >= 0.6 is 11.8 Å². The van der Waals surface area contributed by atoms with Gasteiger partial charge in [-0.2, -0.15) is 0 Å². The molecule has 0 saturated heterocycles. The summed E-state index contributed by atoms with van der Waals surface area (Å²) in [6.07, 6.45) is 5.32. The molecular formula is C20H20N4O5S. The van der Waals surface area contributed by atoms with Crippen molar-refractivity contribution in [1.82, 2.24) is 9.97 Å². The molecule has 0 unspecified atom stereocenters. The van der Waals surface area contributed by atoms with Crippen LogP contribution in [0.1, 0.15) is 30.4 Å². The monoisotopic (exact) mass is 428 g/mol. The molecule has 0 bridgehead atoms. The third-order valence-corrected chi connectivity index (χ3v) is 5.04. The van der Waals surface area contributed by atoms with Crippen LogP contribution in [0, 0.1) is 12.3 Å². The minimum atomic E-state index is -0.615. The molecule has 1 aliphatic rings. The fourth-order valence-corrected chi connectivity index (χ4v) is 3.63. The quantitative estimate of drug-likeness (QED) is 0.327.